The van der Waals surface area contributed by atoms with E-state index in [1.54, 1.807) is 16.5 Å². The molecule has 8 nitrogen and oxygen atoms in total. The zero-order valence-corrected chi connectivity index (χ0v) is 19.5. The largest absolute Gasteiger partial charge is 0.497 e. The van der Waals surface area contributed by atoms with Gasteiger partial charge in [0.25, 0.3) is 5.56 Å². The number of piperazine rings is 1. The normalized spacial score (nSPS) is 14.9. The van der Waals surface area contributed by atoms with Crippen LogP contribution in [0.2, 0.25) is 0 Å². The Morgan fingerprint density at radius 1 is 1.00 bits per heavy atom. The highest BCUT2D eigenvalue weighted by molar-refractivity contribution is 5.92. The topological polar surface area (TPSA) is 71.7 Å². The van der Waals surface area contributed by atoms with Crippen LogP contribution in [0.4, 0.5) is 5.69 Å². The molecular weight excluding hydrogens is 418 g/mol. The van der Waals surface area contributed by atoms with E-state index in [-0.39, 0.29) is 18.0 Å². The zero-order chi connectivity index (χ0) is 23.4. The highest BCUT2D eigenvalue weighted by Gasteiger charge is 2.22. The molecule has 0 radical (unpaired) electrons. The lowest BCUT2D eigenvalue weighted by Gasteiger charge is -2.34. The summed E-state index contributed by atoms with van der Waals surface area (Å²) >= 11 is 0. The van der Waals surface area contributed by atoms with E-state index in [4.69, 9.17) is 4.74 Å². The maximum Gasteiger partial charge on any atom is 0.295 e. The fourth-order valence-electron chi connectivity index (χ4n) is 4.23. The number of para-hydroxylation sites is 1. The van der Waals surface area contributed by atoms with E-state index in [0.29, 0.717) is 5.69 Å². The molecule has 1 saturated heterocycles. The molecule has 0 aliphatic carbocycles. The molecule has 4 rings (SSSR count). The van der Waals surface area contributed by atoms with Gasteiger partial charge >= 0.3 is 0 Å². The molecule has 0 spiro atoms. The van der Waals surface area contributed by atoms with E-state index in [1.807, 2.05) is 56.4 Å². The Morgan fingerprint density at radius 3 is 2.39 bits per heavy atom. The Balaban J connectivity index is 1.33. The van der Waals surface area contributed by atoms with E-state index in [9.17, 15) is 9.59 Å². The molecule has 1 amide bonds. The summed E-state index contributed by atoms with van der Waals surface area (Å²) in [6.07, 6.45) is 0. The smallest absolute Gasteiger partial charge is 0.295 e. The predicted molar refractivity (Wildman–Crippen MR) is 129 cm³/mol. The fraction of sp³-hybridized carbons (Fsp3) is 0.360. The third kappa shape index (κ3) is 5.18. The van der Waals surface area contributed by atoms with Gasteiger partial charge in [-0.05, 0) is 36.8 Å². The summed E-state index contributed by atoms with van der Waals surface area (Å²) in [6.45, 7) is 6.35. The number of hydrogen-bond acceptors (Lipinski definition) is 5. The van der Waals surface area contributed by atoms with Gasteiger partial charge in [0.15, 0.2) is 0 Å². The first kappa shape index (κ1) is 22.8. The molecular formula is C25H31N5O3. The molecule has 174 valence electrons. The standard InChI is InChI=1S/C25H31N5O3/c1-19-24(25(32)30(27(19)2)21-9-5-4-6-10-21)26-23(31)18-29-14-12-28(13-15-29)17-20-8-7-11-22(16-20)33-3/h4-11,16H,12-15,17-18H2,1-3H3,(H,26,31). The molecule has 1 aliphatic heterocycles. The summed E-state index contributed by atoms with van der Waals surface area (Å²) in [5.41, 5.74) is 2.82. The average molecular weight is 450 g/mol. The van der Waals surface area contributed by atoms with Gasteiger partial charge in [-0.2, -0.15) is 0 Å². The zero-order valence-electron chi connectivity index (χ0n) is 19.5. The Hall–Kier alpha value is -3.36. The lowest BCUT2D eigenvalue weighted by atomic mass is 10.2. The average Bonchev–Trinajstić information content (AvgIpc) is 3.04. The Morgan fingerprint density at radius 2 is 1.70 bits per heavy atom. The number of rotatable bonds is 7. The van der Waals surface area contributed by atoms with Crippen molar-refractivity contribution in [3.63, 3.8) is 0 Å². The minimum Gasteiger partial charge on any atom is -0.497 e. The second-order valence-corrected chi connectivity index (χ2v) is 8.39. The monoisotopic (exact) mass is 449 g/mol. The number of aromatic nitrogens is 2. The van der Waals surface area contributed by atoms with E-state index in [1.165, 1.54) is 5.56 Å². The van der Waals surface area contributed by atoms with Crippen molar-refractivity contribution in [1.29, 1.82) is 0 Å². The van der Waals surface area contributed by atoms with Crippen molar-refractivity contribution in [1.82, 2.24) is 19.2 Å². The highest BCUT2D eigenvalue weighted by Crippen LogP contribution is 2.16. The predicted octanol–water partition coefficient (Wildman–Crippen LogP) is 2.25. The number of ether oxygens (including phenoxy) is 1. The summed E-state index contributed by atoms with van der Waals surface area (Å²) in [5, 5.41) is 2.86. The summed E-state index contributed by atoms with van der Waals surface area (Å²) in [5.74, 6) is 0.701. The first-order valence-corrected chi connectivity index (χ1v) is 11.2. The molecule has 0 saturated carbocycles. The van der Waals surface area contributed by atoms with E-state index >= 15 is 0 Å². The molecule has 0 atom stereocenters. The first-order chi connectivity index (χ1) is 16.0. The van der Waals surface area contributed by atoms with Gasteiger partial charge in [0, 0.05) is 39.8 Å². The van der Waals surface area contributed by atoms with Crippen LogP contribution in [-0.2, 0) is 18.4 Å². The van der Waals surface area contributed by atoms with Crippen molar-refractivity contribution >= 4 is 11.6 Å². The highest BCUT2D eigenvalue weighted by atomic mass is 16.5. The van der Waals surface area contributed by atoms with Gasteiger partial charge in [0.1, 0.15) is 11.4 Å². The van der Waals surface area contributed by atoms with Gasteiger partial charge in [0.05, 0.1) is 25.0 Å². The van der Waals surface area contributed by atoms with Gasteiger partial charge in [-0.15, -0.1) is 0 Å². The van der Waals surface area contributed by atoms with E-state index < -0.39 is 0 Å². The van der Waals surface area contributed by atoms with Crippen LogP contribution in [0.25, 0.3) is 5.69 Å². The minimum absolute atomic E-state index is 0.165. The maximum atomic E-state index is 13.0. The third-order valence-corrected chi connectivity index (χ3v) is 6.19. The van der Waals surface area contributed by atoms with E-state index in [0.717, 1.165) is 49.9 Å². The summed E-state index contributed by atoms with van der Waals surface area (Å²) < 4.78 is 8.65. The fourth-order valence-corrected chi connectivity index (χ4v) is 4.23. The van der Waals surface area contributed by atoms with E-state index in [2.05, 4.69) is 27.2 Å². The van der Waals surface area contributed by atoms with Crippen molar-refractivity contribution in [3.8, 4) is 11.4 Å². The number of nitrogens with one attached hydrogen (secondary N) is 1. The van der Waals surface area contributed by atoms with Crippen molar-refractivity contribution in [2.24, 2.45) is 7.05 Å². The van der Waals surface area contributed by atoms with Crippen molar-refractivity contribution in [3.05, 3.63) is 76.2 Å². The van der Waals surface area contributed by atoms with Crippen molar-refractivity contribution in [2.45, 2.75) is 13.5 Å². The molecule has 1 aliphatic rings. The molecule has 2 aromatic carbocycles. The minimum atomic E-state index is -0.224. The first-order valence-electron chi connectivity index (χ1n) is 11.2. The number of anilines is 1. The molecule has 33 heavy (non-hydrogen) atoms. The lowest BCUT2D eigenvalue weighted by molar-refractivity contribution is -0.117. The van der Waals surface area contributed by atoms with Crippen LogP contribution < -0.4 is 15.6 Å². The molecule has 1 aromatic heterocycles. The van der Waals surface area contributed by atoms with Crippen LogP contribution in [0.15, 0.2) is 59.4 Å². The number of hydrogen-bond donors (Lipinski definition) is 1. The van der Waals surface area contributed by atoms with Gasteiger partial charge < -0.3 is 10.1 Å². The summed E-state index contributed by atoms with van der Waals surface area (Å²) in [6, 6.07) is 17.5. The van der Waals surface area contributed by atoms with Crippen LogP contribution in [-0.4, -0.2) is 64.9 Å². The molecule has 0 unspecified atom stereocenters. The lowest BCUT2D eigenvalue weighted by Crippen LogP contribution is -2.48. The molecule has 1 fully saturated rings. The Kier molecular flexibility index (Phi) is 6.96. The van der Waals surface area contributed by atoms with Crippen LogP contribution in [0, 0.1) is 6.92 Å². The quantitative estimate of drug-likeness (QED) is 0.599. The third-order valence-electron chi connectivity index (χ3n) is 6.19. The number of carbonyl (C=O) groups is 1. The molecule has 3 aromatic rings. The number of carbonyl (C=O) groups excluding carboxylic acids is 1. The van der Waals surface area contributed by atoms with Crippen molar-refractivity contribution in [2.75, 3.05) is 45.2 Å². The summed E-state index contributed by atoms with van der Waals surface area (Å²) in [7, 11) is 3.50. The SMILES string of the molecule is COc1cccc(CN2CCN(CC(=O)Nc3c(C)n(C)n(-c4ccccc4)c3=O)CC2)c1. The molecule has 8 heteroatoms. The van der Waals surface area contributed by atoms with Crippen molar-refractivity contribution < 1.29 is 9.53 Å². The Bertz CT molecular complexity index is 1160. The second kappa shape index (κ2) is 10.1. The van der Waals surface area contributed by atoms with Gasteiger partial charge in [-0.3, -0.25) is 24.1 Å². The van der Waals surface area contributed by atoms with Crippen LogP contribution in [0.3, 0.4) is 0 Å². The van der Waals surface area contributed by atoms with Gasteiger partial charge in [-0.25, -0.2) is 4.68 Å². The van der Waals surface area contributed by atoms with Crippen LogP contribution in [0.1, 0.15) is 11.3 Å². The summed E-state index contributed by atoms with van der Waals surface area (Å²) in [4.78, 5) is 30.3. The van der Waals surface area contributed by atoms with Crippen LogP contribution in [0.5, 0.6) is 5.75 Å². The van der Waals surface area contributed by atoms with Gasteiger partial charge in [0.2, 0.25) is 5.91 Å². The second-order valence-electron chi connectivity index (χ2n) is 8.39. The number of methoxy groups -OCH3 is 1. The Labute approximate surface area is 194 Å². The number of nitrogens with zero attached hydrogens (tertiary/aromatic N) is 4. The molecule has 1 N–H and O–H groups in total. The van der Waals surface area contributed by atoms with Crippen LogP contribution >= 0.6 is 0 Å². The molecule has 2 heterocycles. The number of amides is 1. The number of benzene rings is 2. The van der Waals surface area contributed by atoms with Gasteiger partial charge in [-0.1, -0.05) is 30.3 Å². The maximum absolute atomic E-state index is 13.0. The molecule has 0 bridgehead atoms.